The van der Waals surface area contributed by atoms with Crippen LogP contribution in [0, 0.1) is 11.7 Å². The summed E-state index contributed by atoms with van der Waals surface area (Å²) in [6, 6.07) is 4.67. The quantitative estimate of drug-likeness (QED) is 0.871. The summed E-state index contributed by atoms with van der Waals surface area (Å²) in [5, 5.41) is 0. The summed E-state index contributed by atoms with van der Waals surface area (Å²) in [6.07, 6.45) is 5.07. The average Bonchev–Trinajstić information content (AvgIpc) is 2.78. The Morgan fingerprint density at radius 1 is 1.41 bits per heavy atom. The van der Waals surface area contributed by atoms with Gasteiger partial charge in [0.2, 0.25) is 0 Å². The molecule has 0 radical (unpaired) electrons. The van der Waals surface area contributed by atoms with E-state index in [-0.39, 0.29) is 11.9 Å². The Balaban J connectivity index is 1.94. The molecule has 2 nitrogen and oxygen atoms in total. The third-order valence-corrected chi connectivity index (χ3v) is 3.42. The monoisotopic (exact) mass is 237 g/mol. The van der Waals surface area contributed by atoms with Crippen LogP contribution < -0.4 is 10.5 Å². The Kier molecular flexibility index (Phi) is 4.00. The zero-order valence-corrected chi connectivity index (χ0v) is 10.3. The highest BCUT2D eigenvalue weighted by atomic mass is 19.1. The van der Waals surface area contributed by atoms with E-state index in [1.54, 1.807) is 19.1 Å². The van der Waals surface area contributed by atoms with Crippen LogP contribution in [0.3, 0.4) is 0 Å². The van der Waals surface area contributed by atoms with Crippen molar-refractivity contribution >= 4 is 0 Å². The van der Waals surface area contributed by atoms with Gasteiger partial charge in [0.1, 0.15) is 11.6 Å². The molecule has 0 spiro atoms. The maximum absolute atomic E-state index is 13.6. The van der Waals surface area contributed by atoms with Crippen LogP contribution >= 0.6 is 0 Å². The molecule has 0 bridgehead atoms. The van der Waals surface area contributed by atoms with E-state index in [9.17, 15) is 4.39 Å². The van der Waals surface area contributed by atoms with Crippen LogP contribution in [-0.2, 0) is 0 Å². The molecule has 0 heterocycles. The van der Waals surface area contributed by atoms with Crippen molar-refractivity contribution in [3.05, 3.63) is 29.6 Å². The van der Waals surface area contributed by atoms with Gasteiger partial charge in [-0.1, -0.05) is 18.9 Å². The Bertz CT molecular complexity index is 372. The Morgan fingerprint density at radius 2 is 2.12 bits per heavy atom. The highest BCUT2D eigenvalue weighted by molar-refractivity contribution is 5.30. The van der Waals surface area contributed by atoms with E-state index in [1.165, 1.54) is 31.7 Å². The van der Waals surface area contributed by atoms with E-state index in [4.69, 9.17) is 10.5 Å². The van der Waals surface area contributed by atoms with Gasteiger partial charge in [-0.05, 0) is 31.7 Å². The predicted molar refractivity (Wildman–Crippen MR) is 66.5 cm³/mol. The van der Waals surface area contributed by atoms with E-state index in [0.29, 0.717) is 23.8 Å². The number of nitrogens with two attached hydrogens (primary N) is 1. The van der Waals surface area contributed by atoms with Crippen LogP contribution in [0.1, 0.15) is 44.2 Å². The lowest BCUT2D eigenvalue weighted by Crippen LogP contribution is -2.10. The van der Waals surface area contributed by atoms with Gasteiger partial charge < -0.3 is 10.5 Å². The van der Waals surface area contributed by atoms with Gasteiger partial charge in [0.05, 0.1) is 6.61 Å². The Hall–Kier alpha value is -1.09. The lowest BCUT2D eigenvalue weighted by molar-refractivity contribution is 0.251. The lowest BCUT2D eigenvalue weighted by atomic mass is 10.1. The summed E-state index contributed by atoms with van der Waals surface area (Å²) in [4.78, 5) is 0. The van der Waals surface area contributed by atoms with Crippen LogP contribution in [0.4, 0.5) is 4.39 Å². The Morgan fingerprint density at radius 3 is 2.71 bits per heavy atom. The second-order valence-corrected chi connectivity index (χ2v) is 4.93. The van der Waals surface area contributed by atoms with Crippen molar-refractivity contribution < 1.29 is 9.13 Å². The molecule has 94 valence electrons. The van der Waals surface area contributed by atoms with Crippen molar-refractivity contribution in [2.24, 2.45) is 11.7 Å². The van der Waals surface area contributed by atoms with Gasteiger partial charge in [-0.25, -0.2) is 4.39 Å². The second-order valence-electron chi connectivity index (χ2n) is 4.93. The van der Waals surface area contributed by atoms with Crippen molar-refractivity contribution in [1.29, 1.82) is 0 Å². The first-order valence-electron chi connectivity index (χ1n) is 6.34. The molecule has 1 fully saturated rings. The molecule has 1 aromatic rings. The number of ether oxygens (including phenoxy) is 1. The molecule has 1 aliphatic rings. The molecule has 0 aliphatic heterocycles. The molecular formula is C14H20FNO. The topological polar surface area (TPSA) is 35.2 Å². The minimum Gasteiger partial charge on any atom is -0.493 e. The van der Waals surface area contributed by atoms with Gasteiger partial charge in [0.15, 0.2) is 0 Å². The lowest BCUT2D eigenvalue weighted by Gasteiger charge is -2.13. The van der Waals surface area contributed by atoms with Gasteiger partial charge >= 0.3 is 0 Å². The van der Waals surface area contributed by atoms with Crippen LogP contribution in [0.25, 0.3) is 0 Å². The first-order valence-corrected chi connectivity index (χ1v) is 6.34. The smallest absolute Gasteiger partial charge is 0.131 e. The molecular weight excluding hydrogens is 217 g/mol. The minimum atomic E-state index is -0.279. The van der Waals surface area contributed by atoms with Crippen LogP contribution in [0.15, 0.2) is 18.2 Å². The highest BCUT2D eigenvalue weighted by Gasteiger charge is 2.16. The first-order chi connectivity index (χ1) is 8.16. The van der Waals surface area contributed by atoms with E-state index in [2.05, 4.69) is 0 Å². The third-order valence-electron chi connectivity index (χ3n) is 3.42. The molecule has 0 aromatic heterocycles. The molecule has 1 aliphatic carbocycles. The molecule has 2 N–H and O–H groups in total. The summed E-state index contributed by atoms with van der Waals surface area (Å²) in [7, 11) is 0. The van der Waals surface area contributed by atoms with Crippen molar-refractivity contribution in [3.8, 4) is 5.75 Å². The van der Waals surface area contributed by atoms with E-state index >= 15 is 0 Å². The molecule has 1 atom stereocenters. The maximum Gasteiger partial charge on any atom is 0.131 e. The fourth-order valence-corrected chi connectivity index (χ4v) is 2.36. The molecule has 3 heteroatoms. The number of hydrogen-bond donors (Lipinski definition) is 1. The fraction of sp³-hybridized carbons (Fsp3) is 0.571. The van der Waals surface area contributed by atoms with E-state index in [0.717, 1.165) is 0 Å². The predicted octanol–water partition coefficient (Wildman–Crippen LogP) is 3.41. The molecule has 1 aromatic carbocycles. The summed E-state index contributed by atoms with van der Waals surface area (Å²) in [5.74, 6) is 0.980. The summed E-state index contributed by atoms with van der Waals surface area (Å²) in [6.45, 7) is 2.48. The van der Waals surface area contributed by atoms with E-state index in [1.807, 2.05) is 0 Å². The molecule has 0 amide bonds. The SMILES string of the molecule is C[C@@H](N)c1ccc(OCC2CCCC2)cc1F. The van der Waals surface area contributed by atoms with Gasteiger partial charge in [0, 0.05) is 17.7 Å². The average molecular weight is 237 g/mol. The summed E-state index contributed by atoms with van der Waals surface area (Å²) in [5.41, 5.74) is 6.20. The van der Waals surface area contributed by atoms with Crippen molar-refractivity contribution in [2.75, 3.05) is 6.61 Å². The Labute approximate surface area is 102 Å². The number of hydrogen-bond acceptors (Lipinski definition) is 2. The minimum absolute atomic E-state index is 0.274. The summed E-state index contributed by atoms with van der Waals surface area (Å²) >= 11 is 0. The highest BCUT2D eigenvalue weighted by Crippen LogP contribution is 2.26. The largest absolute Gasteiger partial charge is 0.493 e. The zero-order valence-electron chi connectivity index (χ0n) is 10.3. The van der Waals surface area contributed by atoms with Gasteiger partial charge in [0.25, 0.3) is 0 Å². The first kappa shape index (κ1) is 12.4. The molecule has 17 heavy (non-hydrogen) atoms. The number of benzene rings is 1. The van der Waals surface area contributed by atoms with Crippen molar-refractivity contribution in [2.45, 2.75) is 38.6 Å². The number of rotatable bonds is 4. The second kappa shape index (κ2) is 5.50. The summed E-state index contributed by atoms with van der Waals surface area (Å²) < 4.78 is 19.3. The standard InChI is InChI=1S/C14H20FNO/c1-10(16)13-7-6-12(8-14(13)15)17-9-11-4-2-3-5-11/h6-8,10-11H,2-5,9,16H2,1H3/t10-/m1/s1. The molecule has 0 unspecified atom stereocenters. The zero-order chi connectivity index (χ0) is 12.3. The van der Waals surface area contributed by atoms with Crippen molar-refractivity contribution in [1.82, 2.24) is 0 Å². The molecule has 1 saturated carbocycles. The van der Waals surface area contributed by atoms with Crippen molar-refractivity contribution in [3.63, 3.8) is 0 Å². The van der Waals surface area contributed by atoms with Crippen LogP contribution in [-0.4, -0.2) is 6.61 Å². The van der Waals surface area contributed by atoms with Gasteiger partial charge in [-0.15, -0.1) is 0 Å². The van der Waals surface area contributed by atoms with Crippen LogP contribution in [0.5, 0.6) is 5.75 Å². The normalized spacial score (nSPS) is 18.3. The number of halogens is 1. The maximum atomic E-state index is 13.6. The molecule has 2 rings (SSSR count). The van der Waals surface area contributed by atoms with E-state index < -0.39 is 0 Å². The fourth-order valence-electron chi connectivity index (χ4n) is 2.36. The van der Waals surface area contributed by atoms with Gasteiger partial charge in [-0.3, -0.25) is 0 Å². The third kappa shape index (κ3) is 3.19. The van der Waals surface area contributed by atoms with Gasteiger partial charge in [-0.2, -0.15) is 0 Å². The van der Waals surface area contributed by atoms with Crippen LogP contribution in [0.2, 0.25) is 0 Å². The molecule has 0 saturated heterocycles.